The van der Waals surface area contributed by atoms with E-state index in [0.717, 1.165) is 12.8 Å². The van der Waals surface area contributed by atoms with Gasteiger partial charge in [-0.1, -0.05) is 6.92 Å². The summed E-state index contributed by atoms with van der Waals surface area (Å²) in [5.74, 6) is 0.389. The first-order valence-electron chi connectivity index (χ1n) is 4.11. The van der Waals surface area contributed by atoms with Crippen LogP contribution in [0.25, 0.3) is 0 Å². The summed E-state index contributed by atoms with van der Waals surface area (Å²) in [6.07, 6.45) is 3.19. The number of carbonyl (C=O) groups is 1. The molecule has 3 nitrogen and oxygen atoms in total. The quantitative estimate of drug-likeness (QED) is 0.566. The normalized spacial score (nSPS) is 38.2. The van der Waals surface area contributed by atoms with Gasteiger partial charge in [-0.15, -0.1) is 0 Å². The Morgan fingerprint density at radius 1 is 1.55 bits per heavy atom. The fourth-order valence-electron chi connectivity index (χ4n) is 1.55. The third-order valence-electron chi connectivity index (χ3n) is 2.46. The smallest absolute Gasteiger partial charge is 0.207 e. The minimum Gasteiger partial charge on any atom is -0.393 e. The summed E-state index contributed by atoms with van der Waals surface area (Å²) in [5, 5.41) is 12.1. The Hall–Kier alpha value is -0.570. The maximum Gasteiger partial charge on any atom is 0.207 e. The molecule has 0 radical (unpaired) electrons. The summed E-state index contributed by atoms with van der Waals surface area (Å²) in [4.78, 5) is 10.1. The van der Waals surface area contributed by atoms with Gasteiger partial charge in [0.25, 0.3) is 0 Å². The second-order valence-electron chi connectivity index (χ2n) is 3.34. The molecule has 11 heavy (non-hydrogen) atoms. The van der Waals surface area contributed by atoms with Crippen LogP contribution in [0.3, 0.4) is 0 Å². The average molecular weight is 157 g/mol. The van der Waals surface area contributed by atoms with E-state index in [9.17, 15) is 9.90 Å². The van der Waals surface area contributed by atoms with Gasteiger partial charge in [-0.25, -0.2) is 0 Å². The highest BCUT2D eigenvalue weighted by molar-refractivity contribution is 5.46. The molecule has 3 atom stereocenters. The first kappa shape index (κ1) is 8.53. The molecule has 0 spiro atoms. The van der Waals surface area contributed by atoms with Crippen LogP contribution < -0.4 is 5.32 Å². The molecular formula is C8H15NO2. The molecule has 0 bridgehead atoms. The largest absolute Gasteiger partial charge is 0.393 e. The van der Waals surface area contributed by atoms with Crippen LogP contribution in [0.5, 0.6) is 0 Å². The van der Waals surface area contributed by atoms with Crippen LogP contribution in [0.1, 0.15) is 26.2 Å². The zero-order chi connectivity index (χ0) is 8.27. The number of rotatable bonds is 2. The van der Waals surface area contributed by atoms with Gasteiger partial charge in [-0.2, -0.15) is 0 Å². The van der Waals surface area contributed by atoms with Crippen molar-refractivity contribution >= 4 is 6.41 Å². The lowest BCUT2D eigenvalue weighted by Gasteiger charge is -2.30. The predicted molar refractivity (Wildman–Crippen MR) is 42.0 cm³/mol. The minimum atomic E-state index is -0.235. The zero-order valence-corrected chi connectivity index (χ0v) is 6.79. The average Bonchev–Trinajstić information content (AvgIpc) is 1.98. The Bertz CT molecular complexity index is 138. The van der Waals surface area contributed by atoms with E-state index < -0.39 is 0 Å². The second-order valence-corrected chi connectivity index (χ2v) is 3.34. The van der Waals surface area contributed by atoms with E-state index in [2.05, 4.69) is 5.32 Å². The lowest BCUT2D eigenvalue weighted by Crippen LogP contribution is -2.38. The molecule has 1 fully saturated rings. The van der Waals surface area contributed by atoms with E-state index in [1.54, 1.807) is 0 Å². The maximum absolute atomic E-state index is 10.1. The predicted octanol–water partition coefficient (Wildman–Crippen LogP) is 0.282. The Labute approximate surface area is 66.8 Å². The molecule has 1 rings (SSSR count). The summed E-state index contributed by atoms with van der Waals surface area (Å²) in [7, 11) is 0. The van der Waals surface area contributed by atoms with Crippen LogP contribution in [-0.2, 0) is 4.79 Å². The van der Waals surface area contributed by atoms with Gasteiger partial charge < -0.3 is 10.4 Å². The molecule has 3 heteroatoms. The summed E-state index contributed by atoms with van der Waals surface area (Å²) in [5.41, 5.74) is 0. The van der Waals surface area contributed by atoms with E-state index in [4.69, 9.17) is 0 Å². The number of aliphatic hydroxyl groups is 1. The monoisotopic (exact) mass is 157 g/mol. The molecule has 0 aromatic carbocycles. The molecule has 0 aliphatic heterocycles. The molecule has 0 aromatic rings. The molecule has 1 saturated carbocycles. The first-order valence-corrected chi connectivity index (χ1v) is 4.11. The Morgan fingerprint density at radius 3 is 2.82 bits per heavy atom. The Balaban J connectivity index is 2.33. The number of nitrogens with one attached hydrogen (secondary N) is 1. The Kier molecular flexibility index (Phi) is 2.88. The summed E-state index contributed by atoms with van der Waals surface area (Å²) >= 11 is 0. The van der Waals surface area contributed by atoms with Crippen LogP contribution in [0.15, 0.2) is 0 Å². The number of carbonyl (C=O) groups excluding carboxylic acids is 1. The van der Waals surface area contributed by atoms with Crippen LogP contribution in [0.4, 0.5) is 0 Å². The van der Waals surface area contributed by atoms with Gasteiger partial charge in [-0.3, -0.25) is 4.79 Å². The van der Waals surface area contributed by atoms with Crippen molar-refractivity contribution < 1.29 is 9.90 Å². The third kappa shape index (κ3) is 2.19. The molecule has 2 N–H and O–H groups in total. The maximum atomic E-state index is 10.1. The topological polar surface area (TPSA) is 49.3 Å². The molecule has 0 saturated heterocycles. The fourth-order valence-corrected chi connectivity index (χ4v) is 1.55. The van der Waals surface area contributed by atoms with Crippen molar-refractivity contribution in [2.45, 2.75) is 38.3 Å². The SMILES string of the molecule is CC1CCC(NC=O)CC1O. The van der Waals surface area contributed by atoms with E-state index >= 15 is 0 Å². The summed E-state index contributed by atoms with van der Waals surface area (Å²) < 4.78 is 0. The lowest BCUT2D eigenvalue weighted by atomic mass is 9.85. The van der Waals surface area contributed by atoms with Gasteiger partial charge in [0.2, 0.25) is 6.41 Å². The highest BCUT2D eigenvalue weighted by Gasteiger charge is 2.25. The number of hydrogen-bond donors (Lipinski definition) is 2. The van der Waals surface area contributed by atoms with Crippen molar-refractivity contribution in [1.29, 1.82) is 0 Å². The van der Waals surface area contributed by atoms with E-state index in [-0.39, 0.29) is 12.1 Å². The molecule has 0 aromatic heterocycles. The highest BCUT2D eigenvalue weighted by atomic mass is 16.3. The first-order chi connectivity index (χ1) is 5.24. The van der Waals surface area contributed by atoms with Crippen LogP contribution in [0, 0.1) is 5.92 Å². The minimum absolute atomic E-state index is 0.193. The van der Waals surface area contributed by atoms with Crippen molar-refractivity contribution in [3.63, 3.8) is 0 Å². The van der Waals surface area contributed by atoms with Crippen LogP contribution >= 0.6 is 0 Å². The van der Waals surface area contributed by atoms with Crippen LogP contribution in [-0.4, -0.2) is 23.7 Å². The molecule has 0 heterocycles. The van der Waals surface area contributed by atoms with Gasteiger partial charge in [0.15, 0.2) is 0 Å². The highest BCUT2D eigenvalue weighted by Crippen LogP contribution is 2.23. The third-order valence-corrected chi connectivity index (χ3v) is 2.46. The molecular weight excluding hydrogens is 142 g/mol. The lowest BCUT2D eigenvalue weighted by molar-refractivity contribution is -0.110. The zero-order valence-electron chi connectivity index (χ0n) is 6.79. The molecule has 1 aliphatic carbocycles. The fraction of sp³-hybridized carbons (Fsp3) is 0.875. The van der Waals surface area contributed by atoms with Crippen molar-refractivity contribution in [2.75, 3.05) is 0 Å². The number of aliphatic hydroxyl groups excluding tert-OH is 1. The van der Waals surface area contributed by atoms with Crippen molar-refractivity contribution in [3.8, 4) is 0 Å². The van der Waals surface area contributed by atoms with Gasteiger partial charge in [0.05, 0.1) is 6.10 Å². The summed E-state index contributed by atoms with van der Waals surface area (Å²) in [6, 6.07) is 0.193. The molecule has 1 amide bonds. The molecule has 64 valence electrons. The van der Waals surface area contributed by atoms with Crippen molar-refractivity contribution in [2.24, 2.45) is 5.92 Å². The number of hydrogen-bond acceptors (Lipinski definition) is 2. The van der Waals surface area contributed by atoms with E-state index in [0.29, 0.717) is 18.7 Å². The van der Waals surface area contributed by atoms with Crippen LogP contribution in [0.2, 0.25) is 0 Å². The summed E-state index contributed by atoms with van der Waals surface area (Å²) in [6.45, 7) is 2.04. The van der Waals surface area contributed by atoms with Crippen molar-refractivity contribution in [1.82, 2.24) is 5.32 Å². The van der Waals surface area contributed by atoms with Gasteiger partial charge in [0, 0.05) is 6.04 Å². The molecule has 3 unspecified atom stereocenters. The standard InChI is InChI=1S/C8H15NO2/c1-6-2-3-7(9-5-10)4-8(6)11/h5-8,11H,2-4H2,1H3,(H,9,10). The van der Waals surface area contributed by atoms with Gasteiger partial charge in [-0.05, 0) is 25.2 Å². The van der Waals surface area contributed by atoms with Gasteiger partial charge >= 0.3 is 0 Å². The van der Waals surface area contributed by atoms with E-state index in [1.165, 1.54) is 0 Å². The van der Waals surface area contributed by atoms with Gasteiger partial charge in [0.1, 0.15) is 0 Å². The number of amides is 1. The second kappa shape index (κ2) is 3.72. The van der Waals surface area contributed by atoms with Crippen molar-refractivity contribution in [3.05, 3.63) is 0 Å². The Morgan fingerprint density at radius 2 is 2.27 bits per heavy atom. The molecule has 1 aliphatic rings. The van der Waals surface area contributed by atoms with E-state index in [1.807, 2.05) is 6.92 Å².